The second-order valence-corrected chi connectivity index (χ2v) is 8.88. The summed E-state index contributed by atoms with van der Waals surface area (Å²) in [4.78, 5) is 29.9. The van der Waals surface area contributed by atoms with Crippen molar-refractivity contribution in [1.29, 1.82) is 0 Å². The number of halogens is 1. The van der Waals surface area contributed by atoms with Crippen LogP contribution in [0, 0.1) is 13.8 Å². The number of likely N-dealkylation sites (tertiary alicyclic amines) is 1. The second kappa shape index (κ2) is 8.59. The van der Waals surface area contributed by atoms with Crippen LogP contribution in [-0.4, -0.2) is 56.6 Å². The number of β-amino-alcohol motifs (C(OH)–C–C–N with tert-alkyl or cyclic N) is 1. The Morgan fingerprint density at radius 1 is 1.32 bits per heavy atom. The van der Waals surface area contributed by atoms with Gasteiger partial charge in [-0.05, 0) is 43.4 Å². The van der Waals surface area contributed by atoms with Crippen molar-refractivity contribution in [1.82, 2.24) is 19.9 Å². The van der Waals surface area contributed by atoms with Crippen LogP contribution in [0.1, 0.15) is 53.6 Å². The lowest BCUT2D eigenvalue weighted by atomic mass is 9.99. The van der Waals surface area contributed by atoms with Gasteiger partial charge in [-0.1, -0.05) is 18.5 Å². The van der Waals surface area contributed by atoms with Crippen LogP contribution in [0.15, 0.2) is 6.20 Å². The minimum Gasteiger partial charge on any atom is -0.391 e. The molecule has 0 aromatic carbocycles. The van der Waals surface area contributed by atoms with Crippen molar-refractivity contribution in [2.45, 2.75) is 58.6 Å². The molecule has 2 aliphatic heterocycles. The van der Waals surface area contributed by atoms with E-state index in [-0.39, 0.29) is 17.8 Å². The summed E-state index contributed by atoms with van der Waals surface area (Å²) in [5, 5.41) is 10.1. The molecule has 31 heavy (non-hydrogen) atoms. The van der Waals surface area contributed by atoms with Gasteiger partial charge in [0.1, 0.15) is 11.0 Å². The molecule has 3 N–H and O–H groups in total. The highest BCUT2D eigenvalue weighted by Crippen LogP contribution is 2.42. The van der Waals surface area contributed by atoms with Crippen LogP contribution in [0.5, 0.6) is 0 Å². The third-order valence-electron chi connectivity index (χ3n) is 6.45. The summed E-state index contributed by atoms with van der Waals surface area (Å²) in [5.41, 5.74) is 11.3. The van der Waals surface area contributed by atoms with Gasteiger partial charge in [0, 0.05) is 43.7 Å². The molecule has 0 radical (unpaired) electrons. The normalized spacial score (nSPS) is 20.4. The number of anilines is 2. The summed E-state index contributed by atoms with van der Waals surface area (Å²) in [6.45, 7) is 8.46. The summed E-state index contributed by atoms with van der Waals surface area (Å²) in [7, 11) is 0. The zero-order valence-corrected chi connectivity index (χ0v) is 19.0. The van der Waals surface area contributed by atoms with Crippen molar-refractivity contribution in [3.05, 3.63) is 39.3 Å². The maximum atomic E-state index is 12.9. The van der Waals surface area contributed by atoms with Crippen molar-refractivity contribution in [2.24, 2.45) is 0 Å². The first-order chi connectivity index (χ1) is 14.8. The molecule has 2 aromatic heterocycles. The zero-order valence-electron chi connectivity index (χ0n) is 18.2. The van der Waals surface area contributed by atoms with Gasteiger partial charge in [-0.3, -0.25) is 9.78 Å². The molecule has 2 atom stereocenters. The van der Waals surface area contributed by atoms with E-state index in [1.54, 1.807) is 4.90 Å². The molecule has 1 fully saturated rings. The van der Waals surface area contributed by atoms with Crippen molar-refractivity contribution in [3.8, 4) is 0 Å². The van der Waals surface area contributed by atoms with E-state index in [4.69, 9.17) is 17.3 Å². The highest BCUT2D eigenvalue weighted by atomic mass is 35.5. The third kappa shape index (κ3) is 4.19. The lowest BCUT2D eigenvalue weighted by Crippen LogP contribution is -2.31. The van der Waals surface area contributed by atoms with Gasteiger partial charge in [0.15, 0.2) is 0 Å². The van der Waals surface area contributed by atoms with Crippen LogP contribution in [0.25, 0.3) is 0 Å². The molecule has 2 aromatic rings. The Morgan fingerprint density at radius 3 is 2.77 bits per heavy atom. The van der Waals surface area contributed by atoms with Gasteiger partial charge in [-0.25, -0.2) is 4.98 Å². The molecule has 0 aliphatic carbocycles. The number of hydrogen-bond acceptors (Lipinski definition) is 7. The molecule has 9 heteroatoms. The van der Waals surface area contributed by atoms with Crippen LogP contribution < -0.4 is 10.6 Å². The Labute approximate surface area is 187 Å². The fraction of sp³-hybridized carbons (Fsp3) is 0.545. The minimum atomic E-state index is -0.439. The molecular weight excluding hydrogens is 416 g/mol. The number of rotatable bonds is 5. The average molecular weight is 445 g/mol. The molecule has 2 aliphatic rings. The number of nitrogen functional groups attached to an aromatic ring is 1. The Hall–Kier alpha value is -2.45. The van der Waals surface area contributed by atoms with Crippen molar-refractivity contribution >= 4 is 29.3 Å². The van der Waals surface area contributed by atoms with Crippen LogP contribution in [-0.2, 0) is 17.8 Å². The van der Waals surface area contributed by atoms with Gasteiger partial charge >= 0.3 is 0 Å². The predicted octanol–water partition coefficient (Wildman–Crippen LogP) is 2.37. The van der Waals surface area contributed by atoms with Gasteiger partial charge in [-0.15, -0.1) is 0 Å². The summed E-state index contributed by atoms with van der Waals surface area (Å²) in [6, 6.07) is 0. The molecule has 1 saturated heterocycles. The number of pyridine rings is 1. The molecule has 166 valence electrons. The summed E-state index contributed by atoms with van der Waals surface area (Å²) in [5.74, 6) is 0.674. The van der Waals surface area contributed by atoms with E-state index < -0.39 is 6.10 Å². The van der Waals surface area contributed by atoms with Crippen LogP contribution >= 0.6 is 11.6 Å². The first-order valence-corrected chi connectivity index (χ1v) is 11.1. The number of carbonyl (C=O) groups is 1. The minimum absolute atomic E-state index is 0.0140. The standard InChI is InChI=1S/C22H29ClN6O2/c1-4-16-12(2)8-25-17(13(16)3)11-29-9-14(7-18(31)28-6-5-15(30)10-28)19-20(23)26-22(24)27-21(19)29/h8,14-15,30H,4-7,9-11H2,1-3H3,(H2,24,26,27). The fourth-order valence-electron chi connectivity index (χ4n) is 4.80. The molecule has 2 unspecified atom stereocenters. The summed E-state index contributed by atoms with van der Waals surface area (Å²) in [6.07, 6.45) is 3.34. The lowest BCUT2D eigenvalue weighted by molar-refractivity contribution is -0.130. The number of aliphatic hydroxyl groups is 1. The molecule has 1 amide bonds. The van der Waals surface area contributed by atoms with E-state index in [9.17, 15) is 9.90 Å². The third-order valence-corrected chi connectivity index (χ3v) is 6.74. The SMILES string of the molecule is CCc1c(C)cnc(CN2CC(CC(=O)N3CCC(O)C3)c3c(Cl)nc(N)nc32)c1C. The van der Waals surface area contributed by atoms with Crippen LogP contribution in [0.4, 0.5) is 11.8 Å². The van der Waals surface area contributed by atoms with E-state index in [2.05, 4.69) is 40.6 Å². The Bertz CT molecular complexity index is 1010. The zero-order chi connectivity index (χ0) is 22.3. The van der Waals surface area contributed by atoms with E-state index in [1.165, 1.54) is 16.7 Å². The predicted molar refractivity (Wildman–Crippen MR) is 120 cm³/mol. The molecule has 0 saturated carbocycles. The summed E-state index contributed by atoms with van der Waals surface area (Å²) < 4.78 is 0. The highest BCUT2D eigenvalue weighted by molar-refractivity contribution is 6.30. The summed E-state index contributed by atoms with van der Waals surface area (Å²) >= 11 is 6.47. The van der Waals surface area contributed by atoms with Crippen LogP contribution in [0.2, 0.25) is 5.15 Å². The molecule has 4 heterocycles. The number of nitrogens with zero attached hydrogens (tertiary/aromatic N) is 5. The quantitative estimate of drug-likeness (QED) is 0.681. The Kier molecular flexibility index (Phi) is 6.03. The molecular formula is C22H29ClN6O2. The molecule has 0 spiro atoms. The first-order valence-electron chi connectivity index (χ1n) is 10.8. The van der Waals surface area contributed by atoms with E-state index in [1.807, 2.05) is 6.20 Å². The van der Waals surface area contributed by atoms with Crippen molar-refractivity contribution in [3.63, 3.8) is 0 Å². The lowest BCUT2D eigenvalue weighted by Gasteiger charge is -2.22. The monoisotopic (exact) mass is 444 g/mol. The van der Waals surface area contributed by atoms with Gasteiger partial charge in [0.25, 0.3) is 0 Å². The maximum Gasteiger partial charge on any atom is 0.223 e. The van der Waals surface area contributed by atoms with Gasteiger partial charge < -0.3 is 20.6 Å². The van der Waals surface area contributed by atoms with Crippen LogP contribution in [0.3, 0.4) is 0 Å². The highest BCUT2D eigenvalue weighted by Gasteiger charge is 2.37. The average Bonchev–Trinajstić information content (AvgIpc) is 3.28. The first kappa shape index (κ1) is 21.8. The van der Waals surface area contributed by atoms with E-state index in [0.29, 0.717) is 50.0 Å². The molecule has 8 nitrogen and oxygen atoms in total. The maximum absolute atomic E-state index is 12.9. The number of carbonyl (C=O) groups excluding carboxylic acids is 1. The van der Waals surface area contributed by atoms with Gasteiger partial charge in [0.2, 0.25) is 11.9 Å². The number of fused-ring (bicyclic) bond motifs is 1. The number of aryl methyl sites for hydroxylation is 1. The number of nitrogens with two attached hydrogens (primary N) is 1. The smallest absolute Gasteiger partial charge is 0.223 e. The Morgan fingerprint density at radius 2 is 2.10 bits per heavy atom. The number of hydrogen-bond donors (Lipinski definition) is 2. The van der Waals surface area contributed by atoms with Crippen molar-refractivity contribution in [2.75, 3.05) is 30.3 Å². The van der Waals surface area contributed by atoms with Gasteiger partial charge in [0.05, 0.1) is 18.3 Å². The Balaban J connectivity index is 1.62. The number of amides is 1. The second-order valence-electron chi connectivity index (χ2n) is 8.52. The van der Waals surface area contributed by atoms with Gasteiger partial charge in [-0.2, -0.15) is 4.98 Å². The van der Waals surface area contributed by atoms with E-state index >= 15 is 0 Å². The molecule has 0 bridgehead atoms. The number of aliphatic hydroxyl groups excluding tert-OH is 1. The largest absolute Gasteiger partial charge is 0.391 e. The number of aromatic nitrogens is 3. The molecule has 4 rings (SSSR count). The fourth-order valence-corrected chi connectivity index (χ4v) is 5.13. The van der Waals surface area contributed by atoms with Crippen molar-refractivity contribution < 1.29 is 9.90 Å². The topological polar surface area (TPSA) is 108 Å². The van der Waals surface area contributed by atoms with E-state index in [0.717, 1.165) is 17.7 Å².